The van der Waals surface area contributed by atoms with Crippen LogP contribution >= 0.6 is 11.8 Å². The lowest BCUT2D eigenvalue weighted by molar-refractivity contribution is -0.118. The molecule has 1 aliphatic heterocycles. The van der Waals surface area contributed by atoms with Crippen LogP contribution in [0.3, 0.4) is 0 Å². The molecule has 0 radical (unpaired) electrons. The van der Waals surface area contributed by atoms with Crippen LogP contribution in [0.1, 0.15) is 5.56 Å². The van der Waals surface area contributed by atoms with Crippen LogP contribution in [-0.4, -0.2) is 30.5 Å². The Morgan fingerprint density at radius 2 is 2.12 bits per heavy atom. The van der Waals surface area contributed by atoms with Crippen LogP contribution < -0.4 is 10.6 Å². The number of hydrogen-bond acceptors (Lipinski definition) is 3. The number of rotatable bonds is 6. The van der Waals surface area contributed by atoms with Crippen LogP contribution in [0.2, 0.25) is 0 Å². The third-order valence-corrected chi connectivity index (χ3v) is 3.96. The Kier molecular flexibility index (Phi) is 4.88. The lowest BCUT2D eigenvalue weighted by atomic mass is 10.1. The molecule has 0 saturated carbocycles. The predicted molar refractivity (Wildman–Crippen MR) is 72.0 cm³/mol. The monoisotopic (exact) mass is 250 g/mol. The topological polar surface area (TPSA) is 41.1 Å². The van der Waals surface area contributed by atoms with Gasteiger partial charge in [0.2, 0.25) is 5.91 Å². The third kappa shape index (κ3) is 4.40. The minimum absolute atomic E-state index is 0.131. The highest BCUT2D eigenvalue weighted by atomic mass is 32.2. The lowest BCUT2D eigenvalue weighted by Gasteiger charge is -2.26. The van der Waals surface area contributed by atoms with Crippen molar-refractivity contribution in [2.24, 2.45) is 5.92 Å². The molecule has 1 amide bonds. The summed E-state index contributed by atoms with van der Waals surface area (Å²) in [5.41, 5.74) is 1.15. The number of benzene rings is 1. The largest absolute Gasteiger partial charge is 0.351 e. The van der Waals surface area contributed by atoms with Gasteiger partial charge in [0.05, 0.1) is 5.75 Å². The molecule has 1 fully saturated rings. The van der Waals surface area contributed by atoms with E-state index in [0.29, 0.717) is 12.3 Å². The van der Waals surface area contributed by atoms with Gasteiger partial charge >= 0.3 is 0 Å². The van der Waals surface area contributed by atoms with Gasteiger partial charge in [-0.05, 0) is 30.3 Å². The maximum absolute atomic E-state index is 11.6. The first-order valence-corrected chi connectivity index (χ1v) is 7.09. The van der Waals surface area contributed by atoms with Gasteiger partial charge in [-0.3, -0.25) is 4.79 Å². The number of hydrogen-bond donors (Lipinski definition) is 2. The molecule has 0 aromatic heterocycles. The summed E-state index contributed by atoms with van der Waals surface area (Å²) in [5.74, 6) is 2.56. The molecule has 2 N–H and O–H groups in total. The quantitative estimate of drug-likeness (QED) is 0.798. The first-order valence-electron chi connectivity index (χ1n) is 5.93. The normalized spacial score (nSPS) is 15.3. The average molecular weight is 250 g/mol. The van der Waals surface area contributed by atoms with Crippen molar-refractivity contribution in [3.8, 4) is 0 Å². The van der Waals surface area contributed by atoms with Crippen molar-refractivity contribution in [2.75, 3.05) is 24.6 Å². The van der Waals surface area contributed by atoms with Gasteiger partial charge in [0.1, 0.15) is 0 Å². The van der Waals surface area contributed by atoms with Crippen molar-refractivity contribution in [3.05, 3.63) is 35.9 Å². The van der Waals surface area contributed by atoms with Gasteiger partial charge in [0.15, 0.2) is 0 Å². The van der Waals surface area contributed by atoms with E-state index in [1.807, 2.05) is 30.3 Å². The summed E-state index contributed by atoms with van der Waals surface area (Å²) in [6.45, 7) is 2.85. The summed E-state index contributed by atoms with van der Waals surface area (Å²) in [6, 6.07) is 9.99. The summed E-state index contributed by atoms with van der Waals surface area (Å²) >= 11 is 1.73. The fourth-order valence-corrected chi connectivity index (χ4v) is 2.61. The van der Waals surface area contributed by atoms with Crippen molar-refractivity contribution in [1.82, 2.24) is 10.6 Å². The van der Waals surface area contributed by atoms with Crippen molar-refractivity contribution in [3.63, 3.8) is 0 Å². The summed E-state index contributed by atoms with van der Waals surface area (Å²) in [6.07, 6.45) is 0. The van der Waals surface area contributed by atoms with Crippen LogP contribution in [0, 0.1) is 5.92 Å². The molecule has 1 aromatic carbocycles. The van der Waals surface area contributed by atoms with Gasteiger partial charge in [-0.15, -0.1) is 0 Å². The van der Waals surface area contributed by atoms with Crippen molar-refractivity contribution in [2.45, 2.75) is 6.54 Å². The molecule has 92 valence electrons. The molecule has 1 saturated heterocycles. The zero-order chi connectivity index (χ0) is 11.9. The Bertz CT molecular complexity index is 352. The number of nitrogens with one attached hydrogen (secondary N) is 2. The summed E-state index contributed by atoms with van der Waals surface area (Å²) in [4.78, 5) is 11.6. The molecule has 0 unspecified atom stereocenters. The molecule has 3 nitrogen and oxygen atoms in total. The maximum Gasteiger partial charge on any atom is 0.230 e. The van der Waals surface area contributed by atoms with Gasteiger partial charge in [-0.25, -0.2) is 0 Å². The van der Waals surface area contributed by atoms with Crippen molar-refractivity contribution < 1.29 is 4.79 Å². The highest BCUT2D eigenvalue weighted by molar-refractivity contribution is 7.99. The van der Waals surface area contributed by atoms with E-state index in [1.165, 1.54) is 0 Å². The van der Waals surface area contributed by atoms with E-state index < -0.39 is 0 Å². The van der Waals surface area contributed by atoms with Crippen LogP contribution in [-0.2, 0) is 11.3 Å². The summed E-state index contributed by atoms with van der Waals surface area (Å²) in [5, 5.41) is 6.17. The Hall–Kier alpha value is -1.00. The zero-order valence-electron chi connectivity index (χ0n) is 9.82. The van der Waals surface area contributed by atoms with Gasteiger partial charge in [0, 0.05) is 6.54 Å². The molecular formula is C13H18N2OS. The van der Waals surface area contributed by atoms with Gasteiger partial charge < -0.3 is 10.6 Å². The SMILES string of the molecule is O=C(CSCC1CNC1)NCc1ccccc1. The van der Waals surface area contributed by atoms with Gasteiger partial charge in [-0.2, -0.15) is 11.8 Å². The highest BCUT2D eigenvalue weighted by Gasteiger charge is 2.16. The van der Waals surface area contributed by atoms with Gasteiger partial charge in [-0.1, -0.05) is 30.3 Å². The smallest absolute Gasteiger partial charge is 0.230 e. The molecule has 2 rings (SSSR count). The number of amides is 1. The van der Waals surface area contributed by atoms with E-state index in [-0.39, 0.29) is 5.91 Å². The first-order chi connectivity index (χ1) is 8.34. The zero-order valence-corrected chi connectivity index (χ0v) is 10.6. The third-order valence-electron chi connectivity index (χ3n) is 2.79. The fraction of sp³-hybridized carbons (Fsp3) is 0.462. The minimum atomic E-state index is 0.131. The number of carbonyl (C=O) groups is 1. The molecule has 1 aliphatic rings. The van der Waals surface area contributed by atoms with E-state index in [1.54, 1.807) is 11.8 Å². The Balaban J connectivity index is 1.57. The second kappa shape index (κ2) is 6.67. The van der Waals surface area contributed by atoms with E-state index in [2.05, 4.69) is 10.6 Å². The Morgan fingerprint density at radius 1 is 1.35 bits per heavy atom. The van der Waals surface area contributed by atoms with E-state index in [0.717, 1.165) is 30.3 Å². The standard InChI is InChI=1S/C13H18N2OS/c16-13(10-17-9-12-6-14-7-12)15-8-11-4-2-1-3-5-11/h1-5,12,14H,6-10H2,(H,15,16). The molecule has 4 heteroatoms. The van der Waals surface area contributed by atoms with E-state index >= 15 is 0 Å². The molecule has 0 atom stereocenters. The second-order valence-corrected chi connectivity index (χ2v) is 5.33. The minimum Gasteiger partial charge on any atom is -0.351 e. The van der Waals surface area contributed by atoms with E-state index in [4.69, 9.17) is 0 Å². The predicted octanol–water partition coefficient (Wildman–Crippen LogP) is 1.26. The Morgan fingerprint density at radius 3 is 2.76 bits per heavy atom. The average Bonchev–Trinajstić information content (AvgIpc) is 2.31. The van der Waals surface area contributed by atoms with E-state index in [9.17, 15) is 4.79 Å². The maximum atomic E-state index is 11.6. The fourth-order valence-electron chi connectivity index (χ4n) is 1.63. The van der Waals surface area contributed by atoms with Crippen LogP contribution in [0.5, 0.6) is 0 Å². The van der Waals surface area contributed by atoms with Crippen LogP contribution in [0.15, 0.2) is 30.3 Å². The molecule has 0 bridgehead atoms. The van der Waals surface area contributed by atoms with Gasteiger partial charge in [0.25, 0.3) is 0 Å². The molecular weight excluding hydrogens is 232 g/mol. The van der Waals surface area contributed by atoms with Crippen molar-refractivity contribution >= 4 is 17.7 Å². The summed E-state index contributed by atoms with van der Waals surface area (Å²) in [7, 11) is 0. The Labute approximate surface area is 106 Å². The van der Waals surface area contributed by atoms with Crippen molar-refractivity contribution in [1.29, 1.82) is 0 Å². The first kappa shape index (κ1) is 12.5. The molecule has 1 aromatic rings. The molecule has 0 spiro atoms. The summed E-state index contributed by atoms with van der Waals surface area (Å²) < 4.78 is 0. The highest BCUT2D eigenvalue weighted by Crippen LogP contribution is 2.11. The number of carbonyl (C=O) groups excluding carboxylic acids is 1. The molecule has 1 heterocycles. The molecule has 17 heavy (non-hydrogen) atoms. The lowest BCUT2D eigenvalue weighted by Crippen LogP contribution is -2.43. The van der Waals surface area contributed by atoms with Crippen LogP contribution in [0.25, 0.3) is 0 Å². The number of thioether (sulfide) groups is 1. The second-order valence-electron chi connectivity index (χ2n) is 4.30. The van der Waals surface area contributed by atoms with Crippen LogP contribution in [0.4, 0.5) is 0 Å². The molecule has 0 aliphatic carbocycles.